The summed E-state index contributed by atoms with van der Waals surface area (Å²) in [5, 5.41) is 6.01. The van der Waals surface area contributed by atoms with E-state index in [2.05, 4.69) is 37.0 Å². The first-order chi connectivity index (χ1) is 14.5. The molecular weight excluding hydrogens is 504 g/mol. The number of para-hydroxylation sites is 1. The summed E-state index contributed by atoms with van der Waals surface area (Å²) in [6.45, 7) is 1.88. The Bertz CT molecular complexity index is 1160. The number of amides is 1. The Hall–Kier alpha value is -2.76. The van der Waals surface area contributed by atoms with Gasteiger partial charge < -0.3 is 0 Å². The zero-order valence-corrected chi connectivity index (χ0v) is 19.4. The molecule has 30 heavy (non-hydrogen) atoms. The first-order valence-corrected chi connectivity index (χ1v) is 11.0. The number of nitrogens with zero attached hydrogens (tertiary/aromatic N) is 2. The van der Waals surface area contributed by atoms with Crippen LogP contribution in [0.4, 0.5) is 5.69 Å². The molecule has 0 saturated heterocycles. The second-order valence-electron chi connectivity index (χ2n) is 6.82. The average Bonchev–Trinajstić information content (AvgIpc) is 3.06. The van der Waals surface area contributed by atoms with Crippen molar-refractivity contribution in [2.24, 2.45) is 5.10 Å². The molecule has 5 heteroatoms. The van der Waals surface area contributed by atoms with Gasteiger partial charge in [-0.05, 0) is 60.0 Å². The maximum absolute atomic E-state index is 13.4. The molecule has 0 N–H and O–H groups in total. The van der Waals surface area contributed by atoms with Crippen LogP contribution < -0.4 is 5.01 Å². The van der Waals surface area contributed by atoms with Crippen LogP contribution in [0.25, 0.3) is 11.6 Å². The third-order valence-electron chi connectivity index (χ3n) is 4.76. The summed E-state index contributed by atoms with van der Waals surface area (Å²) < 4.78 is 2.01. The molecule has 1 amide bonds. The summed E-state index contributed by atoms with van der Waals surface area (Å²) in [5.41, 5.74) is 4.91. The molecule has 0 aromatic heterocycles. The summed E-state index contributed by atoms with van der Waals surface area (Å²) in [6.07, 6.45) is 4.01. The van der Waals surface area contributed by atoms with Crippen molar-refractivity contribution >= 4 is 60.8 Å². The van der Waals surface area contributed by atoms with Gasteiger partial charge in [-0.15, -0.1) is 0 Å². The smallest absolute Gasteiger partial charge is 0.267 e. The van der Waals surface area contributed by atoms with Gasteiger partial charge in [-0.3, -0.25) is 4.79 Å². The predicted molar refractivity (Wildman–Crippen MR) is 131 cm³/mol. The summed E-state index contributed by atoms with van der Waals surface area (Å²) in [7, 11) is 0. The number of hydrogen-bond donors (Lipinski definition) is 0. The number of hydrazone groups is 1. The molecule has 3 nitrogen and oxygen atoms in total. The van der Waals surface area contributed by atoms with Crippen molar-refractivity contribution in [3.63, 3.8) is 0 Å². The molecule has 3 aromatic carbocycles. The molecule has 0 atom stereocenters. The van der Waals surface area contributed by atoms with Crippen molar-refractivity contribution < 1.29 is 4.79 Å². The lowest BCUT2D eigenvalue weighted by Crippen LogP contribution is -2.21. The average molecular weight is 522 g/mol. The van der Waals surface area contributed by atoms with E-state index in [1.165, 1.54) is 5.01 Å². The number of carbonyl (C=O) groups excluding carboxylic acids is 1. The summed E-state index contributed by atoms with van der Waals surface area (Å²) in [5.74, 6) is -0.128. The zero-order valence-electron chi connectivity index (χ0n) is 16.2. The Morgan fingerprint density at radius 2 is 1.47 bits per heavy atom. The Morgan fingerprint density at radius 1 is 0.867 bits per heavy atom. The highest BCUT2D eigenvalue weighted by molar-refractivity contribution is 9.10. The van der Waals surface area contributed by atoms with Gasteiger partial charge in [-0.1, -0.05) is 86.5 Å². The molecule has 3 aromatic rings. The van der Waals surface area contributed by atoms with Crippen LogP contribution >= 0.6 is 31.9 Å². The molecule has 0 spiro atoms. The van der Waals surface area contributed by atoms with Gasteiger partial charge in [0.05, 0.1) is 17.0 Å². The van der Waals surface area contributed by atoms with Crippen LogP contribution in [0.2, 0.25) is 0 Å². The molecule has 0 fully saturated rings. The number of rotatable bonds is 4. The maximum atomic E-state index is 13.4. The van der Waals surface area contributed by atoms with E-state index in [0.717, 1.165) is 31.3 Å². The van der Waals surface area contributed by atoms with E-state index >= 15 is 0 Å². The van der Waals surface area contributed by atoms with E-state index < -0.39 is 0 Å². The SMILES string of the molecule is CC1=NN(c2ccccc2)C(=O)/C1=C(/C=C/c1ccc(Br)cc1)c1ccc(Br)cc1. The molecule has 148 valence electrons. The third kappa shape index (κ3) is 4.37. The Balaban J connectivity index is 1.81. The van der Waals surface area contributed by atoms with Crippen LogP contribution in [0, 0.1) is 0 Å². The molecule has 0 bridgehead atoms. The second kappa shape index (κ2) is 8.94. The molecular formula is C25H18Br2N2O. The molecule has 0 aliphatic carbocycles. The fraction of sp³-hybridized carbons (Fsp3) is 0.0400. The number of benzene rings is 3. The molecule has 1 aliphatic heterocycles. The second-order valence-corrected chi connectivity index (χ2v) is 8.65. The molecule has 0 saturated carbocycles. The molecule has 4 rings (SSSR count). The summed E-state index contributed by atoms with van der Waals surface area (Å²) >= 11 is 6.95. The largest absolute Gasteiger partial charge is 0.281 e. The first-order valence-electron chi connectivity index (χ1n) is 9.42. The lowest BCUT2D eigenvalue weighted by molar-refractivity contribution is -0.114. The highest BCUT2D eigenvalue weighted by Gasteiger charge is 2.31. The van der Waals surface area contributed by atoms with Gasteiger partial charge in [0.25, 0.3) is 5.91 Å². The topological polar surface area (TPSA) is 32.7 Å². The van der Waals surface area contributed by atoms with Crippen LogP contribution in [0.5, 0.6) is 0 Å². The van der Waals surface area contributed by atoms with Gasteiger partial charge in [0.1, 0.15) is 0 Å². The van der Waals surface area contributed by atoms with Crippen molar-refractivity contribution in [2.45, 2.75) is 6.92 Å². The molecule has 0 radical (unpaired) electrons. The first kappa shape index (κ1) is 20.5. The number of hydrogen-bond acceptors (Lipinski definition) is 2. The fourth-order valence-corrected chi connectivity index (χ4v) is 3.80. The lowest BCUT2D eigenvalue weighted by atomic mass is 9.96. The van der Waals surface area contributed by atoms with Crippen LogP contribution in [-0.2, 0) is 4.79 Å². The van der Waals surface area contributed by atoms with Gasteiger partial charge in [0.15, 0.2) is 0 Å². The molecule has 0 unspecified atom stereocenters. The number of halogens is 2. The van der Waals surface area contributed by atoms with Crippen LogP contribution in [0.1, 0.15) is 18.1 Å². The number of anilines is 1. The van der Waals surface area contributed by atoms with Crippen molar-refractivity contribution in [2.75, 3.05) is 5.01 Å². The minimum atomic E-state index is -0.128. The summed E-state index contributed by atoms with van der Waals surface area (Å²) in [4.78, 5) is 13.4. The van der Waals surface area contributed by atoms with E-state index in [-0.39, 0.29) is 5.91 Å². The van der Waals surface area contributed by atoms with Crippen LogP contribution in [0.3, 0.4) is 0 Å². The van der Waals surface area contributed by atoms with E-state index in [1.807, 2.05) is 97.9 Å². The van der Waals surface area contributed by atoms with Crippen molar-refractivity contribution in [3.05, 3.63) is 111 Å². The highest BCUT2D eigenvalue weighted by atomic mass is 79.9. The minimum Gasteiger partial charge on any atom is -0.267 e. The normalized spacial score (nSPS) is 15.6. The predicted octanol–water partition coefficient (Wildman–Crippen LogP) is 7.10. The highest BCUT2D eigenvalue weighted by Crippen LogP contribution is 2.31. The van der Waals surface area contributed by atoms with E-state index in [9.17, 15) is 4.79 Å². The minimum absolute atomic E-state index is 0.128. The number of carbonyl (C=O) groups is 1. The lowest BCUT2D eigenvalue weighted by Gasteiger charge is -2.13. The zero-order chi connectivity index (χ0) is 21.1. The van der Waals surface area contributed by atoms with Gasteiger partial charge in [-0.2, -0.15) is 10.1 Å². The molecule has 1 heterocycles. The monoisotopic (exact) mass is 520 g/mol. The standard InChI is InChI=1S/C25H18Br2N2O/c1-17-24(25(30)29(28-17)22-5-3-2-4-6-22)23(19-10-14-21(27)15-11-19)16-9-18-7-12-20(26)13-8-18/h2-16H,1H3/b16-9+,24-23-. The van der Waals surface area contributed by atoms with Gasteiger partial charge in [0, 0.05) is 8.95 Å². The van der Waals surface area contributed by atoms with Gasteiger partial charge in [0.2, 0.25) is 0 Å². The fourth-order valence-electron chi connectivity index (χ4n) is 3.27. The van der Waals surface area contributed by atoms with Crippen molar-refractivity contribution in [3.8, 4) is 0 Å². The van der Waals surface area contributed by atoms with Crippen LogP contribution in [-0.4, -0.2) is 11.6 Å². The Morgan fingerprint density at radius 3 is 2.10 bits per heavy atom. The van der Waals surface area contributed by atoms with E-state index in [1.54, 1.807) is 0 Å². The van der Waals surface area contributed by atoms with Crippen molar-refractivity contribution in [1.82, 2.24) is 0 Å². The molecule has 1 aliphatic rings. The number of allylic oxidation sites excluding steroid dienone is 2. The van der Waals surface area contributed by atoms with Crippen molar-refractivity contribution in [1.29, 1.82) is 0 Å². The maximum Gasteiger partial charge on any atom is 0.281 e. The van der Waals surface area contributed by atoms with E-state index in [4.69, 9.17) is 0 Å². The Kier molecular flexibility index (Phi) is 6.11. The van der Waals surface area contributed by atoms with Gasteiger partial charge >= 0.3 is 0 Å². The van der Waals surface area contributed by atoms with E-state index in [0.29, 0.717) is 11.3 Å². The third-order valence-corrected chi connectivity index (χ3v) is 5.81. The van der Waals surface area contributed by atoms with Crippen LogP contribution in [0.15, 0.2) is 105 Å². The Labute approximate surface area is 192 Å². The summed E-state index contributed by atoms with van der Waals surface area (Å²) in [6, 6.07) is 25.5. The quantitative estimate of drug-likeness (QED) is 0.337. The van der Waals surface area contributed by atoms with Gasteiger partial charge in [-0.25, -0.2) is 0 Å².